The van der Waals surface area contributed by atoms with Gasteiger partial charge in [0.25, 0.3) is 0 Å². The Morgan fingerprint density at radius 2 is 2.06 bits per heavy atom. The number of esters is 1. The number of halogens is 1. The molecule has 4 heteroatoms. The molecule has 1 atom stereocenters. The first kappa shape index (κ1) is 13.2. The van der Waals surface area contributed by atoms with E-state index in [1.165, 1.54) is 0 Å². The lowest BCUT2D eigenvalue weighted by Crippen LogP contribution is -2.29. The highest BCUT2D eigenvalue weighted by Gasteiger charge is 2.25. The van der Waals surface area contributed by atoms with Crippen molar-refractivity contribution in [3.8, 4) is 0 Å². The van der Waals surface area contributed by atoms with Crippen LogP contribution in [-0.2, 0) is 9.53 Å². The third kappa shape index (κ3) is 3.06. The molecule has 0 aromatic heterocycles. The van der Waals surface area contributed by atoms with Crippen molar-refractivity contribution in [3.63, 3.8) is 0 Å². The van der Waals surface area contributed by atoms with E-state index >= 15 is 0 Å². The molecule has 0 fully saturated rings. The Kier molecular flexibility index (Phi) is 4.96. The van der Waals surface area contributed by atoms with Crippen molar-refractivity contribution in [2.45, 2.75) is 13.0 Å². The molecule has 0 radical (unpaired) electrons. The molecule has 0 spiro atoms. The summed E-state index contributed by atoms with van der Waals surface area (Å²) in [6.07, 6.45) is 0. The van der Waals surface area contributed by atoms with E-state index in [9.17, 15) is 4.79 Å². The summed E-state index contributed by atoms with van der Waals surface area (Å²) < 4.78 is 5.99. The smallest absolute Gasteiger partial charge is 0.328 e. The monoisotopic (exact) mass is 285 g/mol. The Hall–Kier alpha value is -0.870. The zero-order chi connectivity index (χ0) is 12.1. The molecule has 0 saturated heterocycles. The first-order valence-electron chi connectivity index (χ1n) is 5.15. The van der Waals surface area contributed by atoms with Crippen molar-refractivity contribution < 1.29 is 9.53 Å². The Morgan fingerprint density at radius 1 is 1.44 bits per heavy atom. The van der Waals surface area contributed by atoms with Crippen molar-refractivity contribution in [1.82, 2.24) is 4.90 Å². The summed E-state index contributed by atoms with van der Waals surface area (Å²) >= 11 is 3.45. The van der Waals surface area contributed by atoms with Crippen LogP contribution in [0.2, 0.25) is 0 Å². The van der Waals surface area contributed by atoms with Crippen LogP contribution in [0.15, 0.2) is 28.7 Å². The van der Waals surface area contributed by atoms with Gasteiger partial charge in [-0.25, -0.2) is 4.79 Å². The zero-order valence-electron chi connectivity index (χ0n) is 9.74. The van der Waals surface area contributed by atoms with Gasteiger partial charge in [-0.15, -0.1) is 0 Å². The van der Waals surface area contributed by atoms with Crippen LogP contribution in [0.1, 0.15) is 18.5 Å². The topological polar surface area (TPSA) is 29.5 Å². The SMILES string of the molecule is CCOC(=O)C(c1ccccc1Br)N(C)C. The number of benzene rings is 1. The number of likely N-dealkylation sites (N-methyl/N-ethyl adjacent to an activating group) is 1. The van der Waals surface area contributed by atoms with Gasteiger partial charge in [0.1, 0.15) is 6.04 Å². The lowest BCUT2D eigenvalue weighted by atomic mass is 10.1. The fourth-order valence-corrected chi connectivity index (χ4v) is 2.04. The predicted molar refractivity (Wildman–Crippen MR) is 67.2 cm³/mol. The van der Waals surface area contributed by atoms with E-state index in [0.717, 1.165) is 10.0 Å². The van der Waals surface area contributed by atoms with Crippen LogP contribution in [0.25, 0.3) is 0 Å². The maximum atomic E-state index is 11.9. The minimum atomic E-state index is -0.365. The second-order valence-electron chi connectivity index (χ2n) is 3.64. The third-order valence-corrected chi connectivity index (χ3v) is 2.95. The largest absolute Gasteiger partial charge is 0.465 e. The van der Waals surface area contributed by atoms with Crippen LogP contribution in [0.4, 0.5) is 0 Å². The van der Waals surface area contributed by atoms with Gasteiger partial charge in [-0.3, -0.25) is 4.90 Å². The molecule has 0 aliphatic heterocycles. The molecule has 3 nitrogen and oxygen atoms in total. The van der Waals surface area contributed by atoms with Gasteiger partial charge in [-0.05, 0) is 32.6 Å². The summed E-state index contributed by atoms with van der Waals surface area (Å²) in [5, 5.41) is 0. The standard InChI is InChI=1S/C12H16BrNO2/c1-4-16-12(15)11(14(2)3)9-7-5-6-8-10(9)13/h5-8,11H,4H2,1-3H3. The van der Waals surface area contributed by atoms with Gasteiger partial charge in [0.05, 0.1) is 6.61 Å². The molecule has 1 unspecified atom stereocenters. The molecular weight excluding hydrogens is 270 g/mol. The third-order valence-electron chi connectivity index (χ3n) is 2.23. The number of hydrogen-bond donors (Lipinski definition) is 0. The minimum absolute atomic E-state index is 0.223. The fraction of sp³-hybridized carbons (Fsp3) is 0.417. The number of carbonyl (C=O) groups is 1. The zero-order valence-corrected chi connectivity index (χ0v) is 11.3. The van der Waals surface area contributed by atoms with E-state index in [2.05, 4.69) is 15.9 Å². The minimum Gasteiger partial charge on any atom is -0.465 e. The molecule has 0 saturated carbocycles. The maximum Gasteiger partial charge on any atom is 0.328 e. The molecule has 1 rings (SSSR count). The Labute approximate surface area is 105 Å². The van der Waals surface area contributed by atoms with Crippen LogP contribution >= 0.6 is 15.9 Å². The molecule has 0 aliphatic carbocycles. The van der Waals surface area contributed by atoms with Gasteiger partial charge < -0.3 is 4.74 Å². The van der Waals surface area contributed by atoms with E-state index in [4.69, 9.17) is 4.74 Å². The maximum absolute atomic E-state index is 11.9. The van der Waals surface area contributed by atoms with Crippen molar-refractivity contribution in [3.05, 3.63) is 34.3 Å². The quantitative estimate of drug-likeness (QED) is 0.797. The molecule has 0 bridgehead atoms. The highest BCUT2D eigenvalue weighted by atomic mass is 79.9. The molecule has 16 heavy (non-hydrogen) atoms. The van der Waals surface area contributed by atoms with Crippen molar-refractivity contribution in [2.75, 3.05) is 20.7 Å². The van der Waals surface area contributed by atoms with Crippen molar-refractivity contribution >= 4 is 21.9 Å². The number of ether oxygens (including phenoxy) is 1. The highest BCUT2D eigenvalue weighted by Crippen LogP contribution is 2.27. The van der Waals surface area contributed by atoms with Crippen molar-refractivity contribution in [1.29, 1.82) is 0 Å². The number of nitrogens with zero attached hydrogens (tertiary/aromatic N) is 1. The average Bonchev–Trinajstić information content (AvgIpc) is 2.21. The average molecular weight is 286 g/mol. The number of rotatable bonds is 4. The molecule has 1 aromatic carbocycles. The summed E-state index contributed by atoms with van der Waals surface area (Å²) in [6, 6.07) is 7.31. The summed E-state index contributed by atoms with van der Waals surface area (Å²) in [5.41, 5.74) is 0.922. The lowest BCUT2D eigenvalue weighted by Gasteiger charge is -2.23. The lowest BCUT2D eigenvalue weighted by molar-refractivity contribution is -0.148. The highest BCUT2D eigenvalue weighted by molar-refractivity contribution is 9.10. The van der Waals surface area contributed by atoms with E-state index in [0.29, 0.717) is 6.61 Å². The van der Waals surface area contributed by atoms with Crippen LogP contribution in [-0.4, -0.2) is 31.6 Å². The number of hydrogen-bond acceptors (Lipinski definition) is 3. The molecule has 0 amide bonds. The molecular formula is C12H16BrNO2. The van der Waals surface area contributed by atoms with Crippen molar-refractivity contribution in [2.24, 2.45) is 0 Å². The van der Waals surface area contributed by atoms with Crippen LogP contribution in [0.3, 0.4) is 0 Å². The van der Waals surface area contributed by atoms with Gasteiger partial charge in [0, 0.05) is 4.47 Å². The van der Waals surface area contributed by atoms with Crippen LogP contribution in [0, 0.1) is 0 Å². The summed E-state index contributed by atoms with van der Waals surface area (Å²) in [6.45, 7) is 2.21. The fourth-order valence-electron chi connectivity index (χ4n) is 1.53. The van der Waals surface area contributed by atoms with Gasteiger partial charge in [0.15, 0.2) is 0 Å². The Morgan fingerprint density at radius 3 is 2.56 bits per heavy atom. The van der Waals surface area contributed by atoms with Gasteiger partial charge in [-0.1, -0.05) is 34.1 Å². The molecule has 0 aliphatic rings. The number of carbonyl (C=O) groups excluding carboxylic acids is 1. The van der Waals surface area contributed by atoms with E-state index in [1.54, 1.807) is 0 Å². The van der Waals surface area contributed by atoms with Gasteiger partial charge >= 0.3 is 5.97 Å². The summed E-state index contributed by atoms with van der Waals surface area (Å²) in [5.74, 6) is -0.223. The van der Waals surface area contributed by atoms with Gasteiger partial charge in [0.2, 0.25) is 0 Å². The first-order chi connectivity index (χ1) is 7.57. The second-order valence-corrected chi connectivity index (χ2v) is 4.49. The van der Waals surface area contributed by atoms with Crippen LogP contribution in [0.5, 0.6) is 0 Å². The van der Waals surface area contributed by atoms with Crippen LogP contribution < -0.4 is 0 Å². The van der Waals surface area contributed by atoms with E-state index in [-0.39, 0.29) is 12.0 Å². The molecule has 1 aromatic rings. The van der Waals surface area contributed by atoms with E-state index in [1.807, 2.05) is 50.2 Å². The normalized spacial score (nSPS) is 12.6. The second kappa shape index (κ2) is 6.01. The molecule has 0 heterocycles. The summed E-state index contributed by atoms with van der Waals surface area (Å²) in [7, 11) is 3.72. The van der Waals surface area contributed by atoms with Gasteiger partial charge in [-0.2, -0.15) is 0 Å². The Balaban J connectivity index is 3.03. The summed E-state index contributed by atoms with van der Waals surface area (Å²) in [4.78, 5) is 13.7. The first-order valence-corrected chi connectivity index (χ1v) is 5.94. The Bertz CT molecular complexity index is 366. The molecule has 88 valence electrons. The molecule has 0 N–H and O–H groups in total. The van der Waals surface area contributed by atoms with E-state index < -0.39 is 0 Å². The predicted octanol–water partition coefficient (Wildman–Crippen LogP) is 2.61.